The maximum atomic E-state index is 5.19. The number of rotatable bonds is 3. The average Bonchev–Trinajstić information content (AvgIpc) is 2.42. The maximum Gasteiger partial charge on any atom is 0.118 e. The fourth-order valence-electron chi connectivity index (χ4n) is 2.05. The molecule has 0 amide bonds. The minimum absolute atomic E-state index is 0.887. The van der Waals surface area contributed by atoms with Gasteiger partial charge < -0.3 is 4.74 Å². The number of aromatic nitrogens is 1. The molecule has 0 saturated carbocycles. The van der Waals surface area contributed by atoms with E-state index in [4.69, 9.17) is 4.74 Å². The molecule has 1 aromatic heterocycles. The Balaban J connectivity index is 2.51. The molecule has 0 N–H and O–H groups in total. The van der Waals surface area contributed by atoms with Crippen LogP contribution in [0.4, 0.5) is 0 Å². The van der Waals surface area contributed by atoms with Crippen LogP contribution in [-0.4, -0.2) is 12.1 Å². The SMILES string of the molecule is CCc1cc(-c2ccc(OC)cc2)c(C)c(C)n1. The van der Waals surface area contributed by atoms with Gasteiger partial charge in [0.15, 0.2) is 0 Å². The Morgan fingerprint density at radius 1 is 1.11 bits per heavy atom. The lowest BCUT2D eigenvalue weighted by Gasteiger charge is -2.11. The number of nitrogens with zero attached hydrogens (tertiary/aromatic N) is 1. The van der Waals surface area contributed by atoms with Gasteiger partial charge in [-0.05, 0) is 55.2 Å². The monoisotopic (exact) mass is 241 g/mol. The summed E-state index contributed by atoms with van der Waals surface area (Å²) in [6.07, 6.45) is 0.963. The summed E-state index contributed by atoms with van der Waals surface area (Å²) in [4.78, 5) is 4.59. The summed E-state index contributed by atoms with van der Waals surface area (Å²) in [5.74, 6) is 0.887. The van der Waals surface area contributed by atoms with Crippen molar-refractivity contribution < 1.29 is 4.74 Å². The van der Waals surface area contributed by atoms with Crippen LogP contribution in [-0.2, 0) is 6.42 Å². The highest BCUT2D eigenvalue weighted by atomic mass is 16.5. The molecule has 0 unspecified atom stereocenters. The zero-order valence-corrected chi connectivity index (χ0v) is 11.4. The third kappa shape index (κ3) is 2.37. The van der Waals surface area contributed by atoms with Crippen molar-refractivity contribution >= 4 is 0 Å². The van der Waals surface area contributed by atoms with Crippen molar-refractivity contribution in [1.82, 2.24) is 4.98 Å². The van der Waals surface area contributed by atoms with Crippen molar-refractivity contribution in [2.45, 2.75) is 27.2 Å². The van der Waals surface area contributed by atoms with Crippen molar-refractivity contribution in [3.8, 4) is 16.9 Å². The summed E-state index contributed by atoms with van der Waals surface area (Å²) in [6.45, 7) is 6.33. The number of hydrogen-bond acceptors (Lipinski definition) is 2. The minimum atomic E-state index is 0.887. The van der Waals surface area contributed by atoms with Crippen LogP contribution in [0.15, 0.2) is 30.3 Å². The van der Waals surface area contributed by atoms with Gasteiger partial charge in [-0.3, -0.25) is 4.98 Å². The first-order valence-corrected chi connectivity index (χ1v) is 6.27. The Morgan fingerprint density at radius 3 is 2.33 bits per heavy atom. The number of hydrogen-bond donors (Lipinski definition) is 0. The number of benzene rings is 1. The van der Waals surface area contributed by atoms with Crippen molar-refractivity contribution in [3.05, 3.63) is 47.3 Å². The van der Waals surface area contributed by atoms with E-state index in [0.717, 1.165) is 23.6 Å². The predicted octanol–water partition coefficient (Wildman–Crippen LogP) is 3.94. The second-order valence-electron chi connectivity index (χ2n) is 4.45. The number of pyridine rings is 1. The molecular formula is C16H19NO. The van der Waals surface area contributed by atoms with E-state index in [0.29, 0.717) is 0 Å². The first-order valence-electron chi connectivity index (χ1n) is 6.27. The van der Waals surface area contributed by atoms with E-state index in [2.05, 4.69) is 44.0 Å². The molecule has 94 valence electrons. The third-order valence-electron chi connectivity index (χ3n) is 3.33. The van der Waals surface area contributed by atoms with Crippen molar-refractivity contribution in [2.24, 2.45) is 0 Å². The average molecular weight is 241 g/mol. The molecule has 1 aromatic carbocycles. The quantitative estimate of drug-likeness (QED) is 0.812. The van der Waals surface area contributed by atoms with E-state index in [1.165, 1.54) is 16.7 Å². The molecule has 2 heteroatoms. The van der Waals surface area contributed by atoms with Crippen molar-refractivity contribution in [1.29, 1.82) is 0 Å². The van der Waals surface area contributed by atoms with E-state index in [-0.39, 0.29) is 0 Å². The highest BCUT2D eigenvalue weighted by molar-refractivity contribution is 5.68. The lowest BCUT2D eigenvalue weighted by Crippen LogP contribution is -1.96. The van der Waals surface area contributed by atoms with E-state index < -0.39 is 0 Å². The molecule has 0 spiro atoms. The van der Waals surface area contributed by atoms with E-state index in [1.54, 1.807) is 7.11 Å². The summed E-state index contributed by atoms with van der Waals surface area (Å²) in [6, 6.07) is 10.4. The summed E-state index contributed by atoms with van der Waals surface area (Å²) >= 11 is 0. The van der Waals surface area contributed by atoms with Crippen LogP contribution < -0.4 is 4.74 Å². The molecular weight excluding hydrogens is 222 g/mol. The molecule has 0 atom stereocenters. The van der Waals surface area contributed by atoms with Crippen LogP contribution in [0, 0.1) is 13.8 Å². The van der Waals surface area contributed by atoms with Gasteiger partial charge in [-0.15, -0.1) is 0 Å². The second kappa shape index (κ2) is 5.21. The Morgan fingerprint density at radius 2 is 1.78 bits per heavy atom. The van der Waals surface area contributed by atoms with Gasteiger partial charge in [-0.1, -0.05) is 19.1 Å². The lowest BCUT2D eigenvalue weighted by atomic mass is 9.98. The number of aryl methyl sites for hydroxylation is 2. The van der Waals surface area contributed by atoms with Gasteiger partial charge in [-0.25, -0.2) is 0 Å². The molecule has 2 aromatic rings. The van der Waals surface area contributed by atoms with Gasteiger partial charge in [0.05, 0.1) is 7.11 Å². The maximum absolute atomic E-state index is 5.19. The standard InChI is InChI=1S/C16H19NO/c1-5-14-10-16(11(2)12(3)17-14)13-6-8-15(18-4)9-7-13/h6-10H,5H2,1-4H3. The third-order valence-corrected chi connectivity index (χ3v) is 3.33. The topological polar surface area (TPSA) is 22.1 Å². The molecule has 2 rings (SSSR count). The van der Waals surface area contributed by atoms with Crippen LogP contribution in [0.3, 0.4) is 0 Å². The van der Waals surface area contributed by atoms with Gasteiger partial charge in [0.2, 0.25) is 0 Å². The summed E-state index contributed by atoms with van der Waals surface area (Å²) in [5, 5.41) is 0. The largest absolute Gasteiger partial charge is 0.497 e. The van der Waals surface area contributed by atoms with Crippen LogP contribution in [0.25, 0.3) is 11.1 Å². The molecule has 0 aliphatic rings. The van der Waals surface area contributed by atoms with Crippen LogP contribution in [0.1, 0.15) is 23.9 Å². The number of ether oxygens (including phenoxy) is 1. The lowest BCUT2D eigenvalue weighted by molar-refractivity contribution is 0.415. The van der Waals surface area contributed by atoms with Gasteiger partial charge >= 0.3 is 0 Å². The number of methoxy groups -OCH3 is 1. The van der Waals surface area contributed by atoms with Crippen LogP contribution >= 0.6 is 0 Å². The van der Waals surface area contributed by atoms with Gasteiger partial charge in [0, 0.05) is 11.4 Å². The Labute approximate surface area is 109 Å². The first-order chi connectivity index (χ1) is 8.65. The summed E-state index contributed by atoms with van der Waals surface area (Å²) < 4.78 is 5.19. The molecule has 18 heavy (non-hydrogen) atoms. The fraction of sp³-hybridized carbons (Fsp3) is 0.312. The smallest absolute Gasteiger partial charge is 0.118 e. The Bertz CT molecular complexity index is 544. The van der Waals surface area contributed by atoms with E-state index >= 15 is 0 Å². The molecule has 0 aliphatic heterocycles. The van der Waals surface area contributed by atoms with Crippen molar-refractivity contribution in [3.63, 3.8) is 0 Å². The van der Waals surface area contributed by atoms with E-state index in [1.807, 2.05) is 12.1 Å². The fourth-order valence-corrected chi connectivity index (χ4v) is 2.05. The summed E-state index contributed by atoms with van der Waals surface area (Å²) in [5.41, 5.74) is 5.98. The highest BCUT2D eigenvalue weighted by Crippen LogP contribution is 2.27. The normalized spacial score (nSPS) is 10.4. The van der Waals surface area contributed by atoms with E-state index in [9.17, 15) is 0 Å². The second-order valence-corrected chi connectivity index (χ2v) is 4.45. The molecule has 2 nitrogen and oxygen atoms in total. The zero-order valence-electron chi connectivity index (χ0n) is 11.4. The van der Waals surface area contributed by atoms with Crippen LogP contribution in [0.2, 0.25) is 0 Å². The molecule has 0 bridgehead atoms. The molecule has 0 aliphatic carbocycles. The van der Waals surface area contributed by atoms with Crippen LogP contribution in [0.5, 0.6) is 5.75 Å². The summed E-state index contributed by atoms with van der Waals surface area (Å²) in [7, 11) is 1.69. The van der Waals surface area contributed by atoms with Crippen molar-refractivity contribution in [2.75, 3.05) is 7.11 Å². The first kappa shape index (κ1) is 12.6. The predicted molar refractivity (Wildman–Crippen MR) is 75.1 cm³/mol. The van der Waals surface area contributed by atoms with Gasteiger partial charge in [-0.2, -0.15) is 0 Å². The van der Waals surface area contributed by atoms with Gasteiger partial charge in [0.1, 0.15) is 5.75 Å². The molecule has 1 heterocycles. The molecule has 0 radical (unpaired) electrons. The Kier molecular flexibility index (Phi) is 3.66. The minimum Gasteiger partial charge on any atom is -0.497 e. The molecule has 0 fully saturated rings. The molecule has 0 saturated heterocycles. The zero-order chi connectivity index (χ0) is 13.1. The van der Waals surface area contributed by atoms with Gasteiger partial charge in [0.25, 0.3) is 0 Å². The highest BCUT2D eigenvalue weighted by Gasteiger charge is 2.07. The Hall–Kier alpha value is -1.83.